The van der Waals surface area contributed by atoms with Crippen molar-refractivity contribution in [2.75, 3.05) is 33.3 Å². The molecule has 2 fully saturated rings. The van der Waals surface area contributed by atoms with Gasteiger partial charge in [0.05, 0.1) is 6.10 Å². The third-order valence-corrected chi connectivity index (χ3v) is 6.65. The van der Waals surface area contributed by atoms with Gasteiger partial charge in [-0.25, -0.2) is 0 Å². The highest BCUT2D eigenvalue weighted by atomic mass is 16.5. The molecule has 2 rings (SSSR count). The summed E-state index contributed by atoms with van der Waals surface area (Å²) >= 11 is 0. The Labute approximate surface area is 197 Å². The number of amides is 2. The summed E-state index contributed by atoms with van der Waals surface area (Å²) in [5.74, 6) is 1.56. The molecule has 0 radical (unpaired) electrons. The van der Waals surface area contributed by atoms with Crippen molar-refractivity contribution in [1.29, 1.82) is 0 Å². The van der Waals surface area contributed by atoms with E-state index >= 15 is 0 Å². The average Bonchev–Trinajstić information content (AvgIpc) is 2.78. The minimum Gasteiger partial charge on any atom is -0.369 e. The summed E-state index contributed by atoms with van der Waals surface area (Å²) in [6.45, 7) is 12.2. The van der Waals surface area contributed by atoms with Crippen LogP contribution >= 0.6 is 0 Å². The summed E-state index contributed by atoms with van der Waals surface area (Å²) in [6.07, 6.45) is 7.77. The van der Waals surface area contributed by atoms with Gasteiger partial charge in [-0.2, -0.15) is 0 Å². The number of ketones is 1. The quantitative estimate of drug-likeness (QED) is 0.494. The lowest BCUT2D eigenvalue weighted by Gasteiger charge is -2.36. The van der Waals surface area contributed by atoms with E-state index < -0.39 is 0 Å². The van der Waals surface area contributed by atoms with Crippen LogP contribution in [-0.4, -0.2) is 66.8 Å². The van der Waals surface area contributed by atoms with E-state index in [9.17, 15) is 14.4 Å². The molecule has 188 valence electrons. The Hall–Kier alpha value is -1.43. The number of Topliss-reactive ketones (excluding diaryl/α,β-unsaturated/α-hetero) is 1. The van der Waals surface area contributed by atoms with Gasteiger partial charge in [0.15, 0.2) is 0 Å². The van der Waals surface area contributed by atoms with Crippen LogP contribution in [0.15, 0.2) is 0 Å². The number of rotatable bonds is 9. The normalized spacial score (nSPS) is 21.3. The number of likely N-dealkylation sites (tertiary alicyclic amines) is 1. The van der Waals surface area contributed by atoms with Gasteiger partial charge in [0.25, 0.3) is 0 Å². The molecule has 1 saturated carbocycles. The number of carbonyl (C=O) groups is 3. The first kappa shape index (κ1) is 30.6. The largest absolute Gasteiger partial charge is 0.369 e. The number of ether oxygens (including phenoxy) is 1. The second-order valence-corrected chi connectivity index (χ2v) is 9.25. The second kappa shape index (κ2) is 16.2. The summed E-state index contributed by atoms with van der Waals surface area (Å²) in [5.41, 5.74) is 0. The number of carbonyl (C=O) groups excluding carboxylic acids is 3. The van der Waals surface area contributed by atoms with E-state index in [1.54, 1.807) is 11.8 Å². The van der Waals surface area contributed by atoms with E-state index in [2.05, 4.69) is 0 Å². The first-order valence-corrected chi connectivity index (χ1v) is 12.4. The minimum absolute atomic E-state index is 0. The Morgan fingerprint density at radius 3 is 2.00 bits per heavy atom. The average molecular weight is 455 g/mol. The van der Waals surface area contributed by atoms with Crippen molar-refractivity contribution in [2.45, 2.75) is 99.5 Å². The first-order chi connectivity index (χ1) is 14.8. The maximum absolute atomic E-state index is 12.8. The topological polar surface area (TPSA) is 66.9 Å². The molecule has 2 amide bonds. The van der Waals surface area contributed by atoms with Gasteiger partial charge in [-0.05, 0) is 78.1 Å². The van der Waals surface area contributed by atoms with Gasteiger partial charge in [0.2, 0.25) is 11.8 Å². The Bertz CT molecular complexity index is 548. The lowest BCUT2D eigenvalue weighted by atomic mass is 9.79. The molecule has 1 heterocycles. The van der Waals surface area contributed by atoms with Crippen molar-refractivity contribution < 1.29 is 19.1 Å². The second-order valence-electron chi connectivity index (χ2n) is 9.25. The van der Waals surface area contributed by atoms with Crippen molar-refractivity contribution in [3.63, 3.8) is 0 Å². The van der Waals surface area contributed by atoms with Gasteiger partial charge in [0, 0.05) is 38.5 Å². The summed E-state index contributed by atoms with van der Waals surface area (Å²) in [7, 11) is 1.84. The molecule has 0 aromatic rings. The first-order valence-electron chi connectivity index (χ1n) is 12.4. The number of likely N-dealkylation sites (N-methyl/N-ethyl adjacent to an activating group) is 1. The van der Waals surface area contributed by atoms with E-state index in [4.69, 9.17) is 4.74 Å². The van der Waals surface area contributed by atoms with Crippen molar-refractivity contribution in [3.05, 3.63) is 0 Å². The van der Waals surface area contributed by atoms with Crippen LogP contribution in [0.25, 0.3) is 0 Å². The molecule has 0 bridgehead atoms. The predicted octanol–water partition coefficient (Wildman–Crippen LogP) is 4.95. The van der Waals surface area contributed by atoms with E-state index in [0.717, 1.165) is 71.0 Å². The van der Waals surface area contributed by atoms with Crippen LogP contribution in [0.3, 0.4) is 0 Å². The maximum atomic E-state index is 12.8. The van der Waals surface area contributed by atoms with Crippen LogP contribution in [-0.2, 0) is 19.1 Å². The molecule has 6 heteroatoms. The predicted molar refractivity (Wildman–Crippen MR) is 131 cm³/mol. The minimum atomic E-state index is 0. The van der Waals surface area contributed by atoms with E-state index in [1.807, 2.05) is 39.6 Å². The van der Waals surface area contributed by atoms with Crippen LogP contribution in [0.4, 0.5) is 0 Å². The molecule has 1 aliphatic carbocycles. The summed E-state index contributed by atoms with van der Waals surface area (Å²) in [5, 5.41) is 0. The number of piperidine rings is 1. The standard InChI is InChI=1S/C23H40N2O4.C2H6.CH4/c1-17(2)29-16-22(27)24(4)13-5-6-19-11-14-25(15-12-19)23(28)21-9-7-20(8-10-21)18(3)26;1-2;/h17,19-21H,5-16H2,1-4H3;1-2H3;1H4. The fourth-order valence-electron chi connectivity index (χ4n) is 4.54. The monoisotopic (exact) mass is 454 g/mol. The van der Waals surface area contributed by atoms with Crippen molar-refractivity contribution >= 4 is 17.6 Å². The van der Waals surface area contributed by atoms with Gasteiger partial charge in [0.1, 0.15) is 12.4 Å². The van der Waals surface area contributed by atoms with E-state index in [1.165, 1.54) is 0 Å². The molecule has 0 N–H and O–H groups in total. The lowest BCUT2D eigenvalue weighted by molar-refractivity contribution is -0.139. The molecule has 0 atom stereocenters. The third-order valence-electron chi connectivity index (χ3n) is 6.65. The Morgan fingerprint density at radius 2 is 1.50 bits per heavy atom. The van der Waals surface area contributed by atoms with Crippen molar-refractivity contribution in [3.8, 4) is 0 Å². The SMILES string of the molecule is C.CC.CC(=O)C1CCC(C(=O)N2CCC(CCCN(C)C(=O)COC(C)C)CC2)CC1. The molecule has 0 aromatic carbocycles. The van der Waals surface area contributed by atoms with Crippen molar-refractivity contribution in [2.24, 2.45) is 17.8 Å². The summed E-state index contributed by atoms with van der Waals surface area (Å²) < 4.78 is 5.38. The third kappa shape index (κ3) is 10.5. The molecule has 32 heavy (non-hydrogen) atoms. The van der Waals surface area contributed by atoms with E-state index in [-0.39, 0.29) is 43.7 Å². The van der Waals surface area contributed by atoms with E-state index in [0.29, 0.717) is 11.8 Å². The molecule has 1 saturated heterocycles. The smallest absolute Gasteiger partial charge is 0.248 e. The number of hydrogen-bond acceptors (Lipinski definition) is 4. The zero-order valence-corrected chi connectivity index (χ0v) is 20.8. The van der Waals surface area contributed by atoms with Gasteiger partial charge in [-0.15, -0.1) is 0 Å². The van der Waals surface area contributed by atoms with Gasteiger partial charge in [-0.3, -0.25) is 14.4 Å². The maximum Gasteiger partial charge on any atom is 0.248 e. The molecular formula is C26H50N2O4. The van der Waals surface area contributed by atoms with Crippen molar-refractivity contribution in [1.82, 2.24) is 9.80 Å². The highest BCUT2D eigenvalue weighted by molar-refractivity contribution is 5.81. The number of nitrogens with zero attached hydrogens (tertiary/aromatic N) is 2. The molecule has 0 unspecified atom stereocenters. The fourth-order valence-corrected chi connectivity index (χ4v) is 4.54. The Morgan fingerprint density at radius 1 is 0.969 bits per heavy atom. The summed E-state index contributed by atoms with van der Waals surface area (Å²) in [4.78, 5) is 40.1. The molecule has 0 aromatic heterocycles. The molecule has 1 aliphatic heterocycles. The van der Waals surface area contributed by atoms with Crippen LogP contribution < -0.4 is 0 Å². The number of hydrogen-bond donors (Lipinski definition) is 0. The molecule has 0 spiro atoms. The Balaban J connectivity index is 0.00000311. The highest BCUT2D eigenvalue weighted by Crippen LogP contribution is 2.32. The van der Waals surface area contributed by atoms with Crippen LogP contribution in [0.2, 0.25) is 0 Å². The zero-order chi connectivity index (χ0) is 23.4. The highest BCUT2D eigenvalue weighted by Gasteiger charge is 2.32. The van der Waals surface area contributed by atoms with Crippen LogP contribution in [0.5, 0.6) is 0 Å². The van der Waals surface area contributed by atoms with Gasteiger partial charge in [-0.1, -0.05) is 21.3 Å². The summed E-state index contributed by atoms with van der Waals surface area (Å²) in [6, 6.07) is 0. The fraction of sp³-hybridized carbons (Fsp3) is 0.885. The van der Waals surface area contributed by atoms with Crippen LogP contribution in [0.1, 0.15) is 93.4 Å². The molecule has 2 aliphatic rings. The molecular weight excluding hydrogens is 404 g/mol. The lowest BCUT2D eigenvalue weighted by Crippen LogP contribution is -2.43. The van der Waals surface area contributed by atoms with Crippen LogP contribution in [0, 0.1) is 17.8 Å². The zero-order valence-electron chi connectivity index (χ0n) is 20.8. The molecule has 6 nitrogen and oxygen atoms in total. The Kier molecular flexibility index (Phi) is 15.5. The van der Waals surface area contributed by atoms with Gasteiger partial charge >= 0.3 is 0 Å². The van der Waals surface area contributed by atoms with Gasteiger partial charge < -0.3 is 14.5 Å².